The first kappa shape index (κ1) is 15.5. The Morgan fingerprint density at radius 1 is 1.30 bits per heavy atom. The summed E-state index contributed by atoms with van der Waals surface area (Å²) in [5, 5.41) is 9.86. The predicted octanol–water partition coefficient (Wildman–Crippen LogP) is 1.30. The van der Waals surface area contributed by atoms with Gasteiger partial charge in [-0.3, -0.25) is 0 Å². The number of urea groups is 1. The summed E-state index contributed by atoms with van der Waals surface area (Å²) in [7, 11) is 0. The first-order chi connectivity index (χ1) is 11.3. The molecule has 0 radical (unpaired) electrons. The predicted molar refractivity (Wildman–Crippen MR) is 84.8 cm³/mol. The third-order valence-electron chi connectivity index (χ3n) is 3.87. The van der Waals surface area contributed by atoms with Gasteiger partial charge in [0.15, 0.2) is 0 Å². The summed E-state index contributed by atoms with van der Waals surface area (Å²) in [4.78, 5) is 15.8. The van der Waals surface area contributed by atoms with E-state index in [2.05, 4.69) is 20.7 Å². The van der Waals surface area contributed by atoms with Crippen molar-refractivity contribution in [3.05, 3.63) is 48.0 Å². The van der Waals surface area contributed by atoms with E-state index in [4.69, 9.17) is 4.74 Å². The molecule has 1 aliphatic heterocycles. The van der Waals surface area contributed by atoms with Crippen LogP contribution in [0.3, 0.4) is 0 Å². The lowest BCUT2D eigenvalue weighted by atomic mass is 10.1. The summed E-state index contributed by atoms with van der Waals surface area (Å²) in [6.45, 7) is 2.47. The molecule has 1 fully saturated rings. The van der Waals surface area contributed by atoms with Gasteiger partial charge in [-0.25, -0.2) is 14.5 Å². The zero-order chi connectivity index (χ0) is 15.9. The fourth-order valence-electron chi connectivity index (χ4n) is 2.62. The van der Waals surface area contributed by atoms with E-state index in [1.807, 2.05) is 24.3 Å². The van der Waals surface area contributed by atoms with Crippen LogP contribution in [0.4, 0.5) is 4.79 Å². The number of hydrogen-bond acceptors (Lipinski definition) is 4. The van der Waals surface area contributed by atoms with Gasteiger partial charge in [-0.2, -0.15) is 5.10 Å². The van der Waals surface area contributed by atoms with Crippen molar-refractivity contribution in [3.8, 4) is 0 Å². The van der Waals surface area contributed by atoms with E-state index in [0.29, 0.717) is 19.6 Å². The normalized spacial score (nSPS) is 17.1. The molecule has 0 bridgehead atoms. The van der Waals surface area contributed by atoms with Gasteiger partial charge in [0, 0.05) is 19.7 Å². The van der Waals surface area contributed by atoms with Crippen LogP contribution in [0.2, 0.25) is 0 Å². The van der Waals surface area contributed by atoms with Gasteiger partial charge in [0.1, 0.15) is 12.7 Å². The average Bonchev–Trinajstić information content (AvgIpc) is 3.25. The van der Waals surface area contributed by atoms with Crippen molar-refractivity contribution in [2.75, 3.05) is 13.2 Å². The van der Waals surface area contributed by atoms with Crippen LogP contribution in [0.25, 0.3) is 0 Å². The maximum Gasteiger partial charge on any atom is 0.315 e. The van der Waals surface area contributed by atoms with E-state index in [0.717, 1.165) is 30.6 Å². The van der Waals surface area contributed by atoms with Crippen molar-refractivity contribution in [2.24, 2.45) is 0 Å². The molecule has 1 aromatic heterocycles. The molecule has 1 unspecified atom stereocenters. The van der Waals surface area contributed by atoms with Crippen molar-refractivity contribution in [1.29, 1.82) is 0 Å². The van der Waals surface area contributed by atoms with Crippen LogP contribution in [-0.2, 0) is 17.8 Å². The molecule has 23 heavy (non-hydrogen) atoms. The summed E-state index contributed by atoms with van der Waals surface area (Å²) >= 11 is 0. The van der Waals surface area contributed by atoms with Gasteiger partial charge >= 0.3 is 6.03 Å². The topological polar surface area (TPSA) is 81.1 Å². The summed E-state index contributed by atoms with van der Waals surface area (Å²) in [5.41, 5.74) is 2.17. The minimum absolute atomic E-state index is 0.153. The fourth-order valence-corrected chi connectivity index (χ4v) is 2.62. The largest absolute Gasteiger partial charge is 0.376 e. The van der Waals surface area contributed by atoms with Gasteiger partial charge in [-0.15, -0.1) is 0 Å². The smallest absolute Gasteiger partial charge is 0.315 e. The van der Waals surface area contributed by atoms with Gasteiger partial charge in [0.05, 0.1) is 12.6 Å². The maximum atomic E-state index is 11.9. The van der Waals surface area contributed by atoms with Crippen LogP contribution < -0.4 is 10.6 Å². The SMILES string of the molecule is O=C(NCc1ccccc1Cn1cncn1)NCC1CCCO1. The number of nitrogens with zero attached hydrogens (tertiary/aromatic N) is 3. The molecule has 1 atom stereocenters. The van der Waals surface area contributed by atoms with Crippen molar-refractivity contribution in [2.45, 2.75) is 32.0 Å². The van der Waals surface area contributed by atoms with Crippen molar-refractivity contribution >= 4 is 6.03 Å². The Balaban J connectivity index is 1.50. The lowest BCUT2D eigenvalue weighted by Crippen LogP contribution is -2.39. The molecule has 1 aliphatic rings. The van der Waals surface area contributed by atoms with Gasteiger partial charge in [0.2, 0.25) is 0 Å². The number of carbonyl (C=O) groups is 1. The number of carbonyl (C=O) groups excluding carboxylic acids is 1. The number of rotatable bonds is 6. The third-order valence-corrected chi connectivity index (χ3v) is 3.87. The summed E-state index contributed by atoms with van der Waals surface area (Å²) < 4.78 is 7.25. The molecule has 7 heteroatoms. The zero-order valence-corrected chi connectivity index (χ0v) is 12.9. The molecule has 0 spiro atoms. The van der Waals surface area contributed by atoms with Crippen molar-refractivity contribution in [3.63, 3.8) is 0 Å². The molecular weight excluding hydrogens is 294 g/mol. The van der Waals surface area contributed by atoms with E-state index in [1.165, 1.54) is 6.33 Å². The number of ether oxygens (including phenoxy) is 1. The fraction of sp³-hybridized carbons (Fsp3) is 0.438. The Morgan fingerprint density at radius 3 is 2.91 bits per heavy atom. The second-order valence-electron chi connectivity index (χ2n) is 5.56. The second kappa shape index (κ2) is 7.73. The van der Waals surface area contributed by atoms with Gasteiger partial charge in [-0.05, 0) is 24.0 Å². The Labute approximate surface area is 135 Å². The van der Waals surface area contributed by atoms with E-state index in [-0.39, 0.29) is 12.1 Å². The van der Waals surface area contributed by atoms with Crippen LogP contribution in [0.1, 0.15) is 24.0 Å². The lowest BCUT2D eigenvalue weighted by molar-refractivity contribution is 0.111. The third kappa shape index (κ3) is 4.53. The molecule has 0 aliphatic carbocycles. The molecule has 2 heterocycles. The molecule has 1 aromatic carbocycles. The summed E-state index contributed by atoms with van der Waals surface area (Å²) in [6.07, 6.45) is 5.43. The van der Waals surface area contributed by atoms with Gasteiger partial charge in [0.25, 0.3) is 0 Å². The molecular formula is C16H21N5O2. The van der Waals surface area contributed by atoms with E-state index >= 15 is 0 Å². The highest BCUT2D eigenvalue weighted by molar-refractivity contribution is 5.73. The molecule has 2 amide bonds. The van der Waals surface area contributed by atoms with Crippen LogP contribution in [0.5, 0.6) is 0 Å². The highest BCUT2D eigenvalue weighted by Gasteiger charge is 2.16. The van der Waals surface area contributed by atoms with Crippen LogP contribution in [-0.4, -0.2) is 40.1 Å². The zero-order valence-electron chi connectivity index (χ0n) is 12.9. The summed E-state index contributed by atoms with van der Waals surface area (Å²) in [6, 6.07) is 7.81. The standard InChI is InChI=1S/C16H21N5O2/c22-16(19-9-15-6-3-7-23-15)18-8-13-4-1-2-5-14(13)10-21-12-17-11-20-21/h1-2,4-5,11-12,15H,3,6-10H2,(H2,18,19,22). The van der Waals surface area contributed by atoms with E-state index in [1.54, 1.807) is 11.0 Å². The number of benzene rings is 1. The van der Waals surface area contributed by atoms with Gasteiger partial charge in [-0.1, -0.05) is 24.3 Å². The Bertz CT molecular complexity index is 623. The second-order valence-corrected chi connectivity index (χ2v) is 5.56. The van der Waals surface area contributed by atoms with Crippen LogP contribution in [0, 0.1) is 0 Å². The number of nitrogens with one attached hydrogen (secondary N) is 2. The monoisotopic (exact) mass is 315 g/mol. The molecule has 122 valence electrons. The molecule has 1 saturated heterocycles. The number of hydrogen-bond donors (Lipinski definition) is 2. The lowest BCUT2D eigenvalue weighted by Gasteiger charge is -2.13. The minimum Gasteiger partial charge on any atom is -0.376 e. The van der Waals surface area contributed by atoms with Crippen LogP contribution >= 0.6 is 0 Å². The first-order valence-electron chi connectivity index (χ1n) is 7.84. The Morgan fingerprint density at radius 2 is 2.17 bits per heavy atom. The molecule has 3 rings (SSSR count). The number of aromatic nitrogens is 3. The quantitative estimate of drug-likeness (QED) is 0.842. The Hall–Kier alpha value is -2.41. The summed E-state index contributed by atoms with van der Waals surface area (Å²) in [5.74, 6) is 0. The number of amides is 2. The maximum absolute atomic E-state index is 11.9. The minimum atomic E-state index is -0.170. The Kier molecular flexibility index (Phi) is 5.21. The molecule has 7 nitrogen and oxygen atoms in total. The van der Waals surface area contributed by atoms with Crippen LogP contribution in [0.15, 0.2) is 36.9 Å². The van der Waals surface area contributed by atoms with E-state index < -0.39 is 0 Å². The van der Waals surface area contributed by atoms with Crippen molar-refractivity contribution in [1.82, 2.24) is 25.4 Å². The highest BCUT2D eigenvalue weighted by atomic mass is 16.5. The van der Waals surface area contributed by atoms with Gasteiger partial charge < -0.3 is 15.4 Å². The molecule has 2 aromatic rings. The molecule has 2 N–H and O–H groups in total. The van der Waals surface area contributed by atoms with Crippen molar-refractivity contribution < 1.29 is 9.53 Å². The van der Waals surface area contributed by atoms with E-state index in [9.17, 15) is 4.79 Å². The molecule has 0 saturated carbocycles. The average molecular weight is 315 g/mol. The highest BCUT2D eigenvalue weighted by Crippen LogP contribution is 2.11. The first-order valence-corrected chi connectivity index (χ1v) is 7.84.